The predicted octanol–water partition coefficient (Wildman–Crippen LogP) is 2.35. The van der Waals surface area contributed by atoms with E-state index >= 15 is 0 Å². The highest BCUT2D eigenvalue weighted by Crippen LogP contribution is 2.32. The summed E-state index contributed by atoms with van der Waals surface area (Å²) < 4.78 is 5.45. The molecule has 1 amide bonds. The molecule has 2 saturated heterocycles. The minimum absolute atomic E-state index is 0.0663. The van der Waals surface area contributed by atoms with E-state index in [0.717, 1.165) is 56.5 Å². The predicted molar refractivity (Wildman–Crippen MR) is 86.2 cm³/mol. The standard InChI is InChI=1S/C18H26N2O2/c19-17(16-4-2-1-3-5-16)18(21)20-10-6-14(7-11-20)15-8-12-22-13-9-15/h1-5,14-15,17H,6-13,19H2/t17-/m1/s1. The Hall–Kier alpha value is -1.39. The van der Waals surface area contributed by atoms with Crippen molar-refractivity contribution in [3.8, 4) is 0 Å². The quantitative estimate of drug-likeness (QED) is 0.932. The van der Waals surface area contributed by atoms with Crippen molar-refractivity contribution >= 4 is 5.91 Å². The van der Waals surface area contributed by atoms with Gasteiger partial charge in [0.05, 0.1) is 0 Å². The Labute approximate surface area is 132 Å². The second-order valence-electron chi connectivity index (χ2n) is 6.50. The molecule has 1 atom stereocenters. The number of hydrogen-bond acceptors (Lipinski definition) is 3. The lowest BCUT2D eigenvalue weighted by molar-refractivity contribution is -0.134. The molecular formula is C18H26N2O2. The molecule has 0 spiro atoms. The number of carbonyl (C=O) groups excluding carboxylic acids is 1. The molecule has 0 aliphatic carbocycles. The first-order chi connectivity index (χ1) is 10.8. The molecular weight excluding hydrogens is 276 g/mol. The van der Waals surface area contributed by atoms with Crippen molar-refractivity contribution in [1.82, 2.24) is 4.90 Å². The van der Waals surface area contributed by atoms with E-state index in [1.54, 1.807) is 0 Å². The third kappa shape index (κ3) is 3.50. The summed E-state index contributed by atoms with van der Waals surface area (Å²) in [4.78, 5) is 14.5. The Balaban J connectivity index is 1.53. The lowest BCUT2D eigenvalue weighted by Gasteiger charge is -2.38. The Kier molecular flexibility index (Phi) is 5.11. The number of hydrogen-bond donors (Lipinski definition) is 1. The number of amides is 1. The molecule has 1 aromatic rings. The maximum absolute atomic E-state index is 12.6. The van der Waals surface area contributed by atoms with E-state index in [0.29, 0.717) is 0 Å². The van der Waals surface area contributed by atoms with E-state index in [1.165, 1.54) is 12.8 Å². The SMILES string of the molecule is N[C@@H](C(=O)N1CCC(C2CCOCC2)CC1)c1ccccc1. The number of benzene rings is 1. The van der Waals surface area contributed by atoms with Crippen molar-refractivity contribution in [2.24, 2.45) is 17.6 Å². The molecule has 2 aliphatic rings. The van der Waals surface area contributed by atoms with Gasteiger partial charge in [-0.15, -0.1) is 0 Å². The van der Waals surface area contributed by atoms with Gasteiger partial charge in [-0.2, -0.15) is 0 Å². The summed E-state index contributed by atoms with van der Waals surface area (Å²) >= 11 is 0. The van der Waals surface area contributed by atoms with Crippen molar-refractivity contribution in [3.05, 3.63) is 35.9 Å². The molecule has 2 heterocycles. The number of rotatable bonds is 3. The van der Waals surface area contributed by atoms with E-state index < -0.39 is 6.04 Å². The average Bonchev–Trinajstić information content (AvgIpc) is 2.62. The summed E-state index contributed by atoms with van der Waals surface area (Å²) in [6, 6.07) is 9.13. The Morgan fingerprint density at radius 2 is 1.64 bits per heavy atom. The number of ether oxygens (including phenoxy) is 1. The fraction of sp³-hybridized carbons (Fsp3) is 0.611. The van der Waals surface area contributed by atoms with Gasteiger partial charge in [-0.05, 0) is 43.1 Å². The van der Waals surface area contributed by atoms with Gasteiger partial charge in [-0.1, -0.05) is 30.3 Å². The van der Waals surface area contributed by atoms with Crippen molar-refractivity contribution in [2.45, 2.75) is 31.7 Å². The van der Waals surface area contributed by atoms with Crippen LogP contribution in [-0.2, 0) is 9.53 Å². The van der Waals surface area contributed by atoms with Crippen LogP contribution in [0.15, 0.2) is 30.3 Å². The van der Waals surface area contributed by atoms with Crippen molar-refractivity contribution in [3.63, 3.8) is 0 Å². The van der Waals surface area contributed by atoms with Crippen LogP contribution in [0.5, 0.6) is 0 Å². The minimum atomic E-state index is -0.527. The Bertz CT molecular complexity index is 477. The first kappa shape index (κ1) is 15.5. The minimum Gasteiger partial charge on any atom is -0.381 e. The lowest BCUT2D eigenvalue weighted by Crippen LogP contribution is -2.44. The highest BCUT2D eigenvalue weighted by Gasteiger charge is 2.31. The molecule has 0 unspecified atom stereocenters. The number of nitrogens with zero attached hydrogens (tertiary/aromatic N) is 1. The molecule has 4 heteroatoms. The Morgan fingerprint density at radius 3 is 2.27 bits per heavy atom. The summed E-state index contributed by atoms with van der Waals surface area (Å²) in [5, 5.41) is 0. The molecule has 2 N–H and O–H groups in total. The largest absolute Gasteiger partial charge is 0.381 e. The van der Waals surface area contributed by atoms with Crippen LogP contribution in [0, 0.1) is 11.8 Å². The molecule has 0 radical (unpaired) electrons. The number of nitrogens with two attached hydrogens (primary N) is 1. The van der Waals surface area contributed by atoms with Crippen LogP contribution < -0.4 is 5.73 Å². The maximum atomic E-state index is 12.6. The fourth-order valence-electron chi connectivity index (χ4n) is 3.78. The summed E-state index contributed by atoms with van der Waals surface area (Å²) in [5.41, 5.74) is 7.04. The number of piperidine rings is 1. The molecule has 0 aromatic heterocycles. The van der Waals surface area contributed by atoms with Crippen molar-refractivity contribution in [1.29, 1.82) is 0 Å². The van der Waals surface area contributed by atoms with Gasteiger partial charge >= 0.3 is 0 Å². The first-order valence-corrected chi connectivity index (χ1v) is 8.43. The summed E-state index contributed by atoms with van der Waals surface area (Å²) in [6.07, 6.45) is 4.58. The van der Waals surface area contributed by atoms with Gasteiger partial charge in [-0.3, -0.25) is 4.79 Å². The number of likely N-dealkylation sites (tertiary alicyclic amines) is 1. The second-order valence-corrected chi connectivity index (χ2v) is 6.50. The fourth-order valence-corrected chi connectivity index (χ4v) is 3.78. The average molecular weight is 302 g/mol. The normalized spacial score (nSPS) is 22.5. The van der Waals surface area contributed by atoms with Crippen LogP contribution >= 0.6 is 0 Å². The maximum Gasteiger partial charge on any atom is 0.244 e. The highest BCUT2D eigenvalue weighted by molar-refractivity contribution is 5.83. The van der Waals surface area contributed by atoms with Crippen LogP contribution in [-0.4, -0.2) is 37.1 Å². The van der Waals surface area contributed by atoms with E-state index in [1.807, 2.05) is 35.2 Å². The topological polar surface area (TPSA) is 55.6 Å². The molecule has 0 bridgehead atoms. The molecule has 2 fully saturated rings. The van der Waals surface area contributed by atoms with E-state index in [4.69, 9.17) is 10.5 Å². The molecule has 22 heavy (non-hydrogen) atoms. The van der Waals surface area contributed by atoms with Crippen LogP contribution in [0.3, 0.4) is 0 Å². The zero-order valence-electron chi connectivity index (χ0n) is 13.1. The zero-order valence-corrected chi connectivity index (χ0v) is 13.1. The van der Waals surface area contributed by atoms with Crippen LogP contribution in [0.2, 0.25) is 0 Å². The molecule has 2 aliphatic heterocycles. The highest BCUT2D eigenvalue weighted by atomic mass is 16.5. The molecule has 3 rings (SSSR count). The van der Waals surface area contributed by atoms with Crippen LogP contribution in [0.1, 0.15) is 37.3 Å². The monoisotopic (exact) mass is 302 g/mol. The van der Waals surface area contributed by atoms with Crippen LogP contribution in [0.4, 0.5) is 0 Å². The van der Waals surface area contributed by atoms with Crippen LogP contribution in [0.25, 0.3) is 0 Å². The summed E-state index contributed by atoms with van der Waals surface area (Å²) in [6.45, 7) is 3.51. The van der Waals surface area contributed by atoms with Gasteiger partial charge in [-0.25, -0.2) is 0 Å². The van der Waals surface area contributed by atoms with Gasteiger partial charge in [0.2, 0.25) is 5.91 Å². The van der Waals surface area contributed by atoms with Gasteiger partial charge < -0.3 is 15.4 Å². The van der Waals surface area contributed by atoms with Crippen molar-refractivity contribution in [2.75, 3.05) is 26.3 Å². The molecule has 4 nitrogen and oxygen atoms in total. The van der Waals surface area contributed by atoms with E-state index in [9.17, 15) is 4.79 Å². The lowest BCUT2D eigenvalue weighted by atomic mass is 9.80. The van der Waals surface area contributed by atoms with Gasteiger partial charge in [0.25, 0.3) is 0 Å². The van der Waals surface area contributed by atoms with Crippen molar-refractivity contribution < 1.29 is 9.53 Å². The van der Waals surface area contributed by atoms with E-state index in [2.05, 4.69) is 0 Å². The second kappa shape index (κ2) is 7.25. The number of carbonyl (C=O) groups is 1. The summed E-state index contributed by atoms with van der Waals surface area (Å²) in [7, 11) is 0. The van der Waals surface area contributed by atoms with E-state index in [-0.39, 0.29) is 5.91 Å². The summed E-state index contributed by atoms with van der Waals surface area (Å²) in [5.74, 6) is 1.60. The van der Waals surface area contributed by atoms with Gasteiger partial charge in [0.1, 0.15) is 6.04 Å². The zero-order chi connectivity index (χ0) is 15.4. The molecule has 0 saturated carbocycles. The smallest absolute Gasteiger partial charge is 0.244 e. The third-order valence-corrected chi connectivity index (χ3v) is 5.21. The Morgan fingerprint density at radius 1 is 1.05 bits per heavy atom. The molecule has 1 aromatic carbocycles. The van der Waals surface area contributed by atoms with Gasteiger partial charge in [0, 0.05) is 26.3 Å². The first-order valence-electron chi connectivity index (χ1n) is 8.43. The van der Waals surface area contributed by atoms with Gasteiger partial charge in [0.15, 0.2) is 0 Å². The molecule has 120 valence electrons. The third-order valence-electron chi connectivity index (χ3n) is 5.21.